The van der Waals surface area contributed by atoms with E-state index in [-0.39, 0.29) is 0 Å². The second kappa shape index (κ2) is 4.55. The maximum Gasteiger partial charge on any atom is 0.0685 e. The van der Waals surface area contributed by atoms with E-state index < -0.39 is 0 Å². The van der Waals surface area contributed by atoms with Crippen molar-refractivity contribution < 1.29 is 4.84 Å². The highest BCUT2D eigenvalue weighted by molar-refractivity contribution is 5.05. The summed E-state index contributed by atoms with van der Waals surface area (Å²) in [7, 11) is 2.20. The Balaban J connectivity index is 1.64. The van der Waals surface area contributed by atoms with Gasteiger partial charge in [-0.25, -0.2) is 0 Å². The molecule has 0 saturated heterocycles. The third-order valence-corrected chi connectivity index (χ3v) is 5.46. The number of rotatable bonds is 5. The van der Waals surface area contributed by atoms with Crippen molar-refractivity contribution in [2.75, 3.05) is 13.7 Å². The van der Waals surface area contributed by atoms with Crippen LogP contribution in [0.2, 0.25) is 0 Å². The minimum atomic E-state index is 0.419. The molecule has 0 aliphatic heterocycles. The first kappa shape index (κ1) is 12.0. The Kier molecular flexibility index (Phi) is 3.20. The summed E-state index contributed by atoms with van der Waals surface area (Å²) in [6.07, 6.45) is 11.2. The molecule has 0 aromatic heterocycles. The van der Waals surface area contributed by atoms with E-state index in [4.69, 9.17) is 4.84 Å². The van der Waals surface area contributed by atoms with Crippen LogP contribution in [0.5, 0.6) is 0 Å². The van der Waals surface area contributed by atoms with Gasteiger partial charge in [0.2, 0.25) is 0 Å². The zero-order chi connectivity index (χ0) is 11.9. The Morgan fingerprint density at radius 3 is 2.06 bits per heavy atom. The van der Waals surface area contributed by atoms with Crippen molar-refractivity contribution in [2.24, 2.45) is 17.8 Å². The SMILES string of the molecule is CCCCON(C)C12CC3CC(CC(C3)C1)C2. The number of hydrogen-bond donors (Lipinski definition) is 0. The third kappa shape index (κ3) is 2.15. The zero-order valence-corrected chi connectivity index (χ0v) is 11.5. The molecule has 98 valence electrons. The summed E-state index contributed by atoms with van der Waals surface area (Å²) in [5, 5.41) is 2.27. The largest absolute Gasteiger partial charge is 0.299 e. The molecule has 0 unspecified atom stereocenters. The molecule has 0 radical (unpaired) electrons. The molecule has 4 bridgehead atoms. The third-order valence-electron chi connectivity index (χ3n) is 5.46. The van der Waals surface area contributed by atoms with Gasteiger partial charge in [0.25, 0.3) is 0 Å². The standard InChI is InChI=1S/C15H27NO/c1-3-4-5-17-16(2)15-9-12-6-13(10-15)8-14(7-12)11-15/h12-14H,3-11H2,1-2H3. The van der Waals surface area contributed by atoms with Crippen LogP contribution in [0.15, 0.2) is 0 Å². The summed E-state index contributed by atoms with van der Waals surface area (Å²) in [6, 6.07) is 0. The van der Waals surface area contributed by atoms with Crippen LogP contribution >= 0.6 is 0 Å². The van der Waals surface area contributed by atoms with E-state index in [1.807, 2.05) is 0 Å². The van der Waals surface area contributed by atoms with Crippen LogP contribution in [-0.2, 0) is 4.84 Å². The molecule has 0 aromatic carbocycles. The average molecular weight is 237 g/mol. The van der Waals surface area contributed by atoms with Gasteiger partial charge < -0.3 is 0 Å². The highest BCUT2D eigenvalue weighted by Crippen LogP contribution is 2.57. The fourth-order valence-electron chi connectivity index (χ4n) is 4.93. The summed E-state index contributed by atoms with van der Waals surface area (Å²) < 4.78 is 0. The van der Waals surface area contributed by atoms with E-state index in [2.05, 4.69) is 19.0 Å². The Labute approximate surface area is 106 Å². The molecule has 0 aromatic rings. The highest BCUT2D eigenvalue weighted by atomic mass is 16.7. The molecule has 17 heavy (non-hydrogen) atoms. The van der Waals surface area contributed by atoms with Crippen LogP contribution in [0.4, 0.5) is 0 Å². The number of hydrogen-bond acceptors (Lipinski definition) is 2. The molecule has 2 heteroatoms. The summed E-state index contributed by atoms with van der Waals surface area (Å²) >= 11 is 0. The first-order valence-corrected chi connectivity index (χ1v) is 7.58. The van der Waals surface area contributed by atoms with Crippen LogP contribution in [0.25, 0.3) is 0 Å². The molecular weight excluding hydrogens is 210 g/mol. The van der Waals surface area contributed by atoms with Gasteiger partial charge in [0.05, 0.1) is 6.61 Å². The maximum absolute atomic E-state index is 6.00. The van der Waals surface area contributed by atoms with E-state index in [9.17, 15) is 0 Å². The van der Waals surface area contributed by atoms with Gasteiger partial charge in [-0.1, -0.05) is 13.3 Å². The number of nitrogens with zero attached hydrogens (tertiary/aromatic N) is 1. The molecule has 4 fully saturated rings. The Bertz CT molecular complexity index is 241. The van der Waals surface area contributed by atoms with Crippen molar-refractivity contribution in [1.82, 2.24) is 5.06 Å². The number of unbranched alkanes of at least 4 members (excludes halogenated alkanes) is 1. The summed E-state index contributed by atoms with van der Waals surface area (Å²) in [5.41, 5.74) is 0.419. The molecule has 4 aliphatic rings. The van der Waals surface area contributed by atoms with Crippen molar-refractivity contribution >= 4 is 0 Å². The topological polar surface area (TPSA) is 12.5 Å². The van der Waals surface area contributed by atoms with Crippen LogP contribution in [0.3, 0.4) is 0 Å². The number of hydroxylamine groups is 2. The van der Waals surface area contributed by atoms with Crippen LogP contribution in [0.1, 0.15) is 58.3 Å². The van der Waals surface area contributed by atoms with Gasteiger partial charge in [-0.05, 0) is 62.7 Å². The Morgan fingerprint density at radius 2 is 1.59 bits per heavy atom. The molecule has 0 atom stereocenters. The van der Waals surface area contributed by atoms with Gasteiger partial charge in [-0.2, -0.15) is 5.06 Å². The van der Waals surface area contributed by atoms with Gasteiger partial charge in [0.1, 0.15) is 0 Å². The van der Waals surface area contributed by atoms with Crippen molar-refractivity contribution in [3.63, 3.8) is 0 Å². The predicted molar refractivity (Wildman–Crippen MR) is 69.5 cm³/mol. The lowest BCUT2D eigenvalue weighted by atomic mass is 9.53. The van der Waals surface area contributed by atoms with Gasteiger partial charge in [-0.15, -0.1) is 0 Å². The quantitative estimate of drug-likeness (QED) is 0.535. The smallest absolute Gasteiger partial charge is 0.0685 e. The zero-order valence-electron chi connectivity index (χ0n) is 11.5. The lowest BCUT2D eigenvalue weighted by molar-refractivity contribution is -0.248. The molecule has 0 amide bonds. The first-order chi connectivity index (χ1) is 8.22. The van der Waals surface area contributed by atoms with Gasteiger partial charge >= 0.3 is 0 Å². The fourth-order valence-corrected chi connectivity index (χ4v) is 4.93. The van der Waals surface area contributed by atoms with E-state index in [1.54, 1.807) is 0 Å². The molecule has 0 heterocycles. The predicted octanol–water partition coefficient (Wildman–Crippen LogP) is 3.62. The van der Waals surface area contributed by atoms with Gasteiger partial charge in [0.15, 0.2) is 0 Å². The molecular formula is C15H27NO. The maximum atomic E-state index is 6.00. The van der Waals surface area contributed by atoms with Crippen molar-refractivity contribution in [3.8, 4) is 0 Å². The van der Waals surface area contributed by atoms with Crippen molar-refractivity contribution in [2.45, 2.75) is 63.8 Å². The minimum absolute atomic E-state index is 0.419. The molecule has 4 aliphatic carbocycles. The van der Waals surface area contributed by atoms with E-state index in [0.717, 1.165) is 24.4 Å². The summed E-state index contributed by atoms with van der Waals surface area (Å²) in [6.45, 7) is 3.14. The van der Waals surface area contributed by atoms with E-state index >= 15 is 0 Å². The molecule has 0 N–H and O–H groups in total. The second-order valence-electron chi connectivity index (χ2n) is 6.83. The van der Waals surface area contributed by atoms with Crippen LogP contribution in [-0.4, -0.2) is 24.3 Å². The molecule has 4 saturated carbocycles. The normalized spacial score (nSPS) is 43.6. The Hall–Kier alpha value is -0.0800. The average Bonchev–Trinajstić information content (AvgIpc) is 2.27. The van der Waals surface area contributed by atoms with Crippen LogP contribution < -0.4 is 0 Å². The fraction of sp³-hybridized carbons (Fsp3) is 1.00. The summed E-state index contributed by atoms with van der Waals surface area (Å²) in [5.74, 6) is 3.04. The monoisotopic (exact) mass is 237 g/mol. The van der Waals surface area contributed by atoms with E-state index in [0.29, 0.717) is 5.54 Å². The second-order valence-corrected chi connectivity index (χ2v) is 6.83. The highest BCUT2D eigenvalue weighted by Gasteiger charge is 2.53. The lowest BCUT2D eigenvalue weighted by Gasteiger charge is -2.59. The summed E-state index contributed by atoms with van der Waals surface area (Å²) in [4.78, 5) is 6.00. The van der Waals surface area contributed by atoms with Crippen molar-refractivity contribution in [3.05, 3.63) is 0 Å². The molecule has 4 rings (SSSR count). The van der Waals surface area contributed by atoms with Crippen molar-refractivity contribution in [1.29, 1.82) is 0 Å². The lowest BCUT2D eigenvalue weighted by Crippen LogP contribution is -2.58. The minimum Gasteiger partial charge on any atom is -0.299 e. The van der Waals surface area contributed by atoms with E-state index in [1.165, 1.54) is 51.4 Å². The van der Waals surface area contributed by atoms with Crippen LogP contribution in [0, 0.1) is 17.8 Å². The first-order valence-electron chi connectivity index (χ1n) is 7.58. The molecule has 2 nitrogen and oxygen atoms in total. The van der Waals surface area contributed by atoms with Gasteiger partial charge in [-0.3, -0.25) is 4.84 Å². The Morgan fingerprint density at radius 1 is 1.06 bits per heavy atom. The molecule has 0 spiro atoms. The van der Waals surface area contributed by atoms with Gasteiger partial charge in [0, 0.05) is 12.6 Å².